The normalized spacial score (nSPS) is 18.8. The summed E-state index contributed by atoms with van der Waals surface area (Å²) < 4.78 is 28.1. The Balaban J connectivity index is 2.08. The maximum Gasteiger partial charge on any atom is 0.302 e. The molecule has 0 unspecified atom stereocenters. The minimum atomic E-state index is -3.51. The number of aromatic nitrogens is 1. The average molecular weight is 290 g/mol. The summed E-state index contributed by atoms with van der Waals surface area (Å²) in [4.78, 5) is 3.92. The Morgan fingerprint density at radius 2 is 2.06 bits per heavy atom. The fourth-order valence-corrected chi connectivity index (χ4v) is 3.25. The van der Waals surface area contributed by atoms with Gasteiger partial charge in [0.05, 0.1) is 0 Å². The van der Waals surface area contributed by atoms with Crippen molar-refractivity contribution in [3.05, 3.63) is 23.4 Å². The van der Waals surface area contributed by atoms with Crippen LogP contribution in [0.15, 0.2) is 18.2 Å². The van der Waals surface area contributed by atoms with Gasteiger partial charge in [0.15, 0.2) is 0 Å². The topological polar surface area (TPSA) is 62.3 Å². The van der Waals surface area contributed by atoms with Crippen LogP contribution in [0.3, 0.4) is 0 Å². The van der Waals surface area contributed by atoms with Gasteiger partial charge in [-0.1, -0.05) is 24.6 Å². The number of halogens is 1. The molecule has 2 rings (SSSR count). The van der Waals surface area contributed by atoms with E-state index in [0.717, 1.165) is 12.8 Å². The summed E-state index contributed by atoms with van der Waals surface area (Å²) in [6.07, 6.45) is 1.79. The SMILES string of the molecule is CC1CCN(S(=O)(=O)Nc2cccc(Cl)n2)CC1. The van der Waals surface area contributed by atoms with E-state index in [9.17, 15) is 8.42 Å². The van der Waals surface area contributed by atoms with Gasteiger partial charge in [-0.3, -0.25) is 4.72 Å². The molecule has 0 spiro atoms. The van der Waals surface area contributed by atoms with Crippen LogP contribution < -0.4 is 4.72 Å². The molecule has 0 atom stereocenters. The zero-order valence-corrected chi connectivity index (χ0v) is 11.7. The standard InChI is InChI=1S/C11H16ClN3O2S/c1-9-5-7-15(8-6-9)18(16,17)14-11-4-2-3-10(12)13-11/h2-4,9H,5-8H2,1H3,(H,13,14). The highest BCUT2D eigenvalue weighted by Gasteiger charge is 2.26. The van der Waals surface area contributed by atoms with Crippen LogP contribution in [0.5, 0.6) is 0 Å². The van der Waals surface area contributed by atoms with Gasteiger partial charge in [0.2, 0.25) is 0 Å². The zero-order chi connectivity index (χ0) is 13.2. The van der Waals surface area contributed by atoms with E-state index < -0.39 is 10.2 Å². The van der Waals surface area contributed by atoms with Gasteiger partial charge < -0.3 is 0 Å². The van der Waals surface area contributed by atoms with Crippen molar-refractivity contribution in [2.45, 2.75) is 19.8 Å². The molecule has 100 valence electrons. The van der Waals surface area contributed by atoms with Crippen molar-refractivity contribution < 1.29 is 8.42 Å². The van der Waals surface area contributed by atoms with Gasteiger partial charge in [0, 0.05) is 13.1 Å². The first kappa shape index (κ1) is 13.6. The lowest BCUT2D eigenvalue weighted by Gasteiger charge is -2.29. The number of hydrogen-bond donors (Lipinski definition) is 1. The molecule has 1 N–H and O–H groups in total. The van der Waals surface area contributed by atoms with Gasteiger partial charge in [-0.25, -0.2) is 4.98 Å². The predicted molar refractivity (Wildman–Crippen MR) is 71.8 cm³/mol. The molecular weight excluding hydrogens is 274 g/mol. The lowest BCUT2D eigenvalue weighted by atomic mass is 10.0. The van der Waals surface area contributed by atoms with Crippen molar-refractivity contribution in [1.29, 1.82) is 0 Å². The van der Waals surface area contributed by atoms with E-state index in [-0.39, 0.29) is 11.0 Å². The van der Waals surface area contributed by atoms with E-state index in [0.29, 0.717) is 19.0 Å². The Labute approximate surface area is 112 Å². The molecule has 1 fully saturated rings. The molecule has 7 heteroatoms. The third-order valence-electron chi connectivity index (χ3n) is 3.03. The van der Waals surface area contributed by atoms with E-state index >= 15 is 0 Å². The molecule has 0 amide bonds. The van der Waals surface area contributed by atoms with Crippen LogP contribution >= 0.6 is 11.6 Å². The largest absolute Gasteiger partial charge is 0.302 e. The Morgan fingerprint density at radius 3 is 2.67 bits per heavy atom. The summed E-state index contributed by atoms with van der Waals surface area (Å²) in [5.74, 6) is 0.835. The minimum Gasteiger partial charge on any atom is -0.254 e. The van der Waals surface area contributed by atoms with Gasteiger partial charge in [-0.05, 0) is 30.9 Å². The van der Waals surface area contributed by atoms with E-state index in [1.54, 1.807) is 18.2 Å². The third kappa shape index (κ3) is 3.34. The van der Waals surface area contributed by atoms with Crippen LogP contribution in [0.1, 0.15) is 19.8 Å². The van der Waals surface area contributed by atoms with Crippen LogP contribution in [-0.4, -0.2) is 30.8 Å². The molecule has 0 bridgehead atoms. The Morgan fingerprint density at radius 1 is 1.39 bits per heavy atom. The second-order valence-corrected chi connectivity index (χ2v) is 6.59. The molecule has 1 aromatic heterocycles. The van der Waals surface area contributed by atoms with Gasteiger partial charge >= 0.3 is 10.2 Å². The van der Waals surface area contributed by atoms with Crippen molar-refractivity contribution in [3.63, 3.8) is 0 Å². The van der Waals surface area contributed by atoms with Gasteiger partial charge in [-0.15, -0.1) is 0 Å². The van der Waals surface area contributed by atoms with Crippen LogP contribution in [0.4, 0.5) is 5.82 Å². The monoisotopic (exact) mass is 289 g/mol. The molecule has 18 heavy (non-hydrogen) atoms. The van der Waals surface area contributed by atoms with Crippen molar-refractivity contribution in [2.24, 2.45) is 5.92 Å². The Bertz CT molecular complexity index is 513. The third-order valence-corrected chi connectivity index (χ3v) is 4.75. The van der Waals surface area contributed by atoms with Crippen molar-refractivity contribution in [3.8, 4) is 0 Å². The van der Waals surface area contributed by atoms with Crippen LogP contribution in [0.25, 0.3) is 0 Å². The van der Waals surface area contributed by atoms with E-state index in [4.69, 9.17) is 11.6 Å². The fraction of sp³-hybridized carbons (Fsp3) is 0.545. The highest BCUT2D eigenvalue weighted by Crippen LogP contribution is 2.20. The highest BCUT2D eigenvalue weighted by molar-refractivity contribution is 7.90. The smallest absolute Gasteiger partial charge is 0.254 e. The molecule has 5 nitrogen and oxygen atoms in total. The fourth-order valence-electron chi connectivity index (χ4n) is 1.89. The molecule has 1 saturated heterocycles. The second-order valence-electron chi connectivity index (χ2n) is 4.53. The first-order valence-corrected chi connectivity index (χ1v) is 7.69. The van der Waals surface area contributed by atoms with Crippen molar-refractivity contribution >= 4 is 27.6 Å². The first-order valence-electron chi connectivity index (χ1n) is 5.88. The Kier molecular flexibility index (Phi) is 4.09. The summed E-state index contributed by atoms with van der Waals surface area (Å²) >= 11 is 5.72. The van der Waals surface area contributed by atoms with Gasteiger partial charge in [-0.2, -0.15) is 12.7 Å². The van der Waals surface area contributed by atoms with Crippen LogP contribution in [0, 0.1) is 5.92 Å². The molecule has 0 aromatic carbocycles. The number of hydrogen-bond acceptors (Lipinski definition) is 3. The molecule has 0 radical (unpaired) electrons. The molecular formula is C11H16ClN3O2S. The maximum atomic E-state index is 12.1. The number of nitrogens with one attached hydrogen (secondary N) is 1. The van der Waals surface area contributed by atoms with E-state index in [2.05, 4.69) is 16.6 Å². The minimum absolute atomic E-state index is 0.251. The van der Waals surface area contributed by atoms with Crippen molar-refractivity contribution in [2.75, 3.05) is 17.8 Å². The van der Waals surface area contributed by atoms with Gasteiger partial charge in [0.1, 0.15) is 11.0 Å². The lowest BCUT2D eigenvalue weighted by Crippen LogP contribution is -2.41. The predicted octanol–water partition coefficient (Wildman–Crippen LogP) is 2.12. The number of pyridine rings is 1. The first-order chi connectivity index (χ1) is 8.47. The number of nitrogens with zero attached hydrogens (tertiary/aromatic N) is 2. The van der Waals surface area contributed by atoms with E-state index in [1.165, 1.54) is 4.31 Å². The van der Waals surface area contributed by atoms with Gasteiger partial charge in [0.25, 0.3) is 0 Å². The molecule has 2 heterocycles. The number of anilines is 1. The average Bonchev–Trinajstić information content (AvgIpc) is 2.29. The second kappa shape index (κ2) is 5.42. The number of rotatable bonds is 3. The lowest BCUT2D eigenvalue weighted by molar-refractivity contribution is 0.289. The quantitative estimate of drug-likeness (QED) is 0.867. The molecule has 1 aliphatic rings. The van der Waals surface area contributed by atoms with Crippen LogP contribution in [-0.2, 0) is 10.2 Å². The maximum absolute atomic E-state index is 12.1. The Hall–Kier alpha value is -0.850. The molecule has 0 aliphatic carbocycles. The van der Waals surface area contributed by atoms with E-state index in [1.807, 2.05) is 0 Å². The summed E-state index contributed by atoms with van der Waals surface area (Å²) in [5.41, 5.74) is 0. The summed E-state index contributed by atoms with van der Waals surface area (Å²) in [5, 5.41) is 0.266. The molecule has 0 saturated carbocycles. The summed E-state index contributed by atoms with van der Waals surface area (Å²) in [6, 6.07) is 4.84. The summed E-state index contributed by atoms with van der Waals surface area (Å²) in [6.45, 7) is 3.24. The summed E-state index contributed by atoms with van der Waals surface area (Å²) in [7, 11) is -3.51. The van der Waals surface area contributed by atoms with Crippen molar-refractivity contribution in [1.82, 2.24) is 9.29 Å². The zero-order valence-electron chi connectivity index (χ0n) is 10.1. The molecule has 1 aromatic rings. The van der Waals surface area contributed by atoms with Crippen LogP contribution in [0.2, 0.25) is 5.15 Å². The highest BCUT2D eigenvalue weighted by atomic mass is 35.5. The number of piperidine rings is 1. The molecule has 1 aliphatic heterocycles.